The maximum Gasteiger partial charge on any atom is 0.0730 e. The first-order valence-corrected chi connectivity index (χ1v) is 9.00. The second-order valence-corrected chi connectivity index (χ2v) is 7.75. The second kappa shape index (κ2) is 7.81. The summed E-state index contributed by atoms with van der Waals surface area (Å²) in [6.45, 7) is 6.75. The van der Waals surface area contributed by atoms with E-state index >= 15 is 0 Å². The Morgan fingerprint density at radius 1 is 1.45 bits per heavy atom. The molecule has 0 unspecified atom stereocenters. The topological polar surface area (TPSA) is 21.6 Å². The van der Waals surface area contributed by atoms with Crippen molar-refractivity contribution in [1.82, 2.24) is 0 Å². The standard InChI is InChI=1S/C16H24BrNOS/c1-3-14(11-16(9-10-16)12-18-2)19-20-15-6-4-5-13(17)7-8-15/h5-6,14H,2-4,7-12H2,1H3/t14-/m1/s1. The zero-order chi connectivity index (χ0) is 14.4. The van der Waals surface area contributed by atoms with Crippen molar-refractivity contribution in [1.29, 1.82) is 0 Å². The van der Waals surface area contributed by atoms with Gasteiger partial charge >= 0.3 is 0 Å². The van der Waals surface area contributed by atoms with Gasteiger partial charge in [-0.3, -0.25) is 0 Å². The molecule has 2 nitrogen and oxygen atoms in total. The zero-order valence-electron chi connectivity index (χ0n) is 12.2. The molecule has 1 saturated carbocycles. The fourth-order valence-electron chi connectivity index (χ4n) is 2.54. The Balaban J connectivity index is 1.76. The Hall–Kier alpha value is -0.0600. The largest absolute Gasteiger partial charge is 0.307 e. The van der Waals surface area contributed by atoms with E-state index in [0.29, 0.717) is 11.5 Å². The number of aliphatic imine (C=N–C) groups is 1. The van der Waals surface area contributed by atoms with E-state index in [9.17, 15) is 0 Å². The van der Waals surface area contributed by atoms with Crippen LogP contribution >= 0.6 is 28.0 Å². The smallest absolute Gasteiger partial charge is 0.0730 e. The van der Waals surface area contributed by atoms with Crippen LogP contribution in [0.4, 0.5) is 0 Å². The van der Waals surface area contributed by atoms with Crippen molar-refractivity contribution in [3.05, 3.63) is 21.5 Å². The fraction of sp³-hybridized carbons (Fsp3) is 0.688. The fourth-order valence-corrected chi connectivity index (χ4v) is 3.74. The summed E-state index contributed by atoms with van der Waals surface area (Å²) in [7, 11) is 0. The van der Waals surface area contributed by atoms with Gasteiger partial charge in [-0.15, -0.1) is 0 Å². The maximum atomic E-state index is 6.09. The Labute approximate surface area is 135 Å². The molecule has 1 atom stereocenters. The molecule has 0 radical (unpaired) electrons. The third-order valence-corrected chi connectivity index (χ3v) is 5.78. The van der Waals surface area contributed by atoms with Gasteiger partial charge in [0.1, 0.15) is 0 Å². The van der Waals surface area contributed by atoms with Crippen molar-refractivity contribution in [2.75, 3.05) is 6.54 Å². The van der Waals surface area contributed by atoms with Gasteiger partial charge in [-0.05, 0) is 61.6 Å². The van der Waals surface area contributed by atoms with Crippen LogP contribution in [0.1, 0.15) is 51.9 Å². The van der Waals surface area contributed by atoms with E-state index in [4.69, 9.17) is 4.18 Å². The van der Waals surface area contributed by atoms with E-state index < -0.39 is 0 Å². The predicted octanol–water partition coefficient (Wildman–Crippen LogP) is 5.65. The molecule has 2 aliphatic carbocycles. The average molecular weight is 358 g/mol. The molecular weight excluding hydrogens is 334 g/mol. The number of hydrogen-bond donors (Lipinski definition) is 0. The number of allylic oxidation sites excluding steroid dienone is 4. The molecule has 112 valence electrons. The minimum absolute atomic E-state index is 0.338. The van der Waals surface area contributed by atoms with Gasteiger partial charge in [0.25, 0.3) is 0 Å². The maximum absolute atomic E-state index is 6.09. The van der Waals surface area contributed by atoms with Crippen molar-refractivity contribution in [2.45, 2.75) is 58.0 Å². The normalized spacial score (nSPS) is 22.5. The van der Waals surface area contributed by atoms with E-state index in [1.165, 1.54) is 22.2 Å². The Morgan fingerprint density at radius 2 is 2.25 bits per heavy atom. The lowest BCUT2D eigenvalue weighted by molar-refractivity contribution is 0.189. The highest BCUT2D eigenvalue weighted by Gasteiger charge is 2.43. The van der Waals surface area contributed by atoms with Crippen molar-refractivity contribution in [2.24, 2.45) is 10.4 Å². The van der Waals surface area contributed by atoms with E-state index in [0.717, 1.165) is 38.6 Å². The molecule has 0 saturated heterocycles. The molecule has 20 heavy (non-hydrogen) atoms. The lowest BCUT2D eigenvalue weighted by atomic mass is 9.97. The van der Waals surface area contributed by atoms with Crippen molar-refractivity contribution in [3.63, 3.8) is 0 Å². The molecule has 0 bridgehead atoms. The van der Waals surface area contributed by atoms with Crippen LogP contribution in [0.3, 0.4) is 0 Å². The minimum atomic E-state index is 0.338. The summed E-state index contributed by atoms with van der Waals surface area (Å²) in [6, 6.07) is 0. The Morgan fingerprint density at radius 3 is 2.90 bits per heavy atom. The van der Waals surface area contributed by atoms with Crippen LogP contribution in [0.2, 0.25) is 0 Å². The number of nitrogens with zero attached hydrogens (tertiary/aromatic N) is 1. The molecule has 0 amide bonds. The minimum Gasteiger partial charge on any atom is -0.307 e. The summed E-state index contributed by atoms with van der Waals surface area (Å²) in [4.78, 5) is 5.45. The molecule has 0 aromatic rings. The van der Waals surface area contributed by atoms with Crippen LogP contribution in [-0.4, -0.2) is 19.4 Å². The van der Waals surface area contributed by atoms with Crippen LogP contribution in [0.15, 0.2) is 26.5 Å². The monoisotopic (exact) mass is 357 g/mol. The van der Waals surface area contributed by atoms with Crippen LogP contribution in [0, 0.1) is 5.41 Å². The van der Waals surface area contributed by atoms with Gasteiger partial charge in [-0.2, -0.15) is 0 Å². The highest BCUT2D eigenvalue weighted by molar-refractivity contribution is 9.11. The van der Waals surface area contributed by atoms with Gasteiger partial charge in [0.05, 0.1) is 6.10 Å². The van der Waals surface area contributed by atoms with Crippen molar-refractivity contribution in [3.8, 4) is 0 Å². The van der Waals surface area contributed by atoms with E-state index in [1.807, 2.05) is 0 Å². The molecular formula is C16H24BrNOS. The Bertz CT molecular complexity index is 401. The third-order valence-electron chi connectivity index (χ3n) is 4.11. The predicted molar refractivity (Wildman–Crippen MR) is 92.4 cm³/mol. The van der Waals surface area contributed by atoms with Gasteiger partial charge in [-0.25, -0.2) is 0 Å². The number of rotatable bonds is 8. The van der Waals surface area contributed by atoms with Gasteiger partial charge < -0.3 is 9.18 Å². The number of hydrogen-bond acceptors (Lipinski definition) is 3. The molecule has 0 aliphatic heterocycles. The lowest BCUT2D eigenvalue weighted by Crippen LogP contribution is -2.17. The van der Waals surface area contributed by atoms with Crippen LogP contribution in [0.25, 0.3) is 0 Å². The van der Waals surface area contributed by atoms with E-state index in [2.05, 4.69) is 46.7 Å². The summed E-state index contributed by atoms with van der Waals surface area (Å²) in [6.07, 6.45) is 12.8. The van der Waals surface area contributed by atoms with Gasteiger partial charge in [-0.1, -0.05) is 35.0 Å². The summed E-state index contributed by atoms with van der Waals surface area (Å²) >= 11 is 5.18. The molecule has 2 aliphatic rings. The summed E-state index contributed by atoms with van der Waals surface area (Å²) in [5.41, 5.74) is 0.408. The lowest BCUT2D eigenvalue weighted by Gasteiger charge is -2.21. The van der Waals surface area contributed by atoms with E-state index in [-0.39, 0.29) is 0 Å². The molecule has 0 N–H and O–H groups in total. The average Bonchev–Trinajstić information content (AvgIpc) is 3.21. The zero-order valence-corrected chi connectivity index (χ0v) is 14.6. The first-order valence-electron chi connectivity index (χ1n) is 7.47. The van der Waals surface area contributed by atoms with Crippen LogP contribution in [-0.2, 0) is 4.18 Å². The SMILES string of the molecule is C=NCC1(C[C@@H](CC)OSC2=CCC=C(Br)CC2)CC1. The van der Waals surface area contributed by atoms with Gasteiger partial charge in [0, 0.05) is 23.5 Å². The molecule has 1 fully saturated rings. The van der Waals surface area contributed by atoms with Gasteiger partial charge in [0.15, 0.2) is 0 Å². The highest BCUT2D eigenvalue weighted by atomic mass is 79.9. The molecule has 0 heterocycles. The van der Waals surface area contributed by atoms with Crippen LogP contribution in [0.5, 0.6) is 0 Å². The second-order valence-electron chi connectivity index (χ2n) is 5.85. The highest BCUT2D eigenvalue weighted by Crippen LogP contribution is 2.51. The Kier molecular flexibility index (Phi) is 6.37. The summed E-state index contributed by atoms with van der Waals surface area (Å²) < 4.78 is 7.40. The van der Waals surface area contributed by atoms with Crippen LogP contribution < -0.4 is 0 Å². The quantitative estimate of drug-likeness (QED) is 0.413. The summed E-state index contributed by atoms with van der Waals surface area (Å²) in [5.74, 6) is 0. The number of halogens is 1. The van der Waals surface area contributed by atoms with Crippen molar-refractivity contribution < 1.29 is 4.18 Å². The van der Waals surface area contributed by atoms with Crippen molar-refractivity contribution >= 4 is 34.7 Å². The molecule has 4 heteroatoms. The molecule has 2 rings (SSSR count). The molecule has 0 aromatic carbocycles. The third kappa shape index (κ3) is 5.05. The first kappa shape index (κ1) is 16.3. The molecule has 0 aromatic heterocycles. The van der Waals surface area contributed by atoms with Gasteiger partial charge in [0.2, 0.25) is 0 Å². The first-order chi connectivity index (χ1) is 9.67. The summed E-state index contributed by atoms with van der Waals surface area (Å²) in [5, 5.41) is 0. The molecule has 0 spiro atoms. The van der Waals surface area contributed by atoms with E-state index in [1.54, 1.807) is 12.0 Å².